The summed E-state index contributed by atoms with van der Waals surface area (Å²) in [6, 6.07) is 14.7. The standard InChI is InChI=1S/C16H13ClN2O2/c1-21-12-6-4-5-11(9-12)14-10-16(20)19(18-14)15-8-3-2-7-13(15)17/h2-9H,10H2,1H3. The van der Waals surface area contributed by atoms with E-state index in [1.165, 1.54) is 5.01 Å². The van der Waals surface area contributed by atoms with Gasteiger partial charge in [0.15, 0.2) is 0 Å². The molecule has 1 heterocycles. The Labute approximate surface area is 127 Å². The first kappa shape index (κ1) is 13.6. The van der Waals surface area contributed by atoms with Crippen LogP contribution in [-0.2, 0) is 4.79 Å². The number of anilines is 1. The second-order valence-electron chi connectivity index (χ2n) is 4.61. The molecule has 1 aliphatic heterocycles. The monoisotopic (exact) mass is 300 g/mol. The fourth-order valence-electron chi connectivity index (χ4n) is 2.20. The fraction of sp³-hybridized carbons (Fsp3) is 0.125. The molecule has 1 aliphatic rings. The van der Waals surface area contributed by atoms with Gasteiger partial charge >= 0.3 is 0 Å². The Balaban J connectivity index is 1.97. The van der Waals surface area contributed by atoms with Crippen molar-refractivity contribution in [1.29, 1.82) is 0 Å². The summed E-state index contributed by atoms with van der Waals surface area (Å²) in [5.74, 6) is 0.639. The van der Waals surface area contributed by atoms with Crippen LogP contribution in [0.25, 0.3) is 0 Å². The number of rotatable bonds is 3. The lowest BCUT2D eigenvalue weighted by Crippen LogP contribution is -2.19. The van der Waals surface area contributed by atoms with Gasteiger partial charge in [-0.05, 0) is 24.3 Å². The van der Waals surface area contributed by atoms with Gasteiger partial charge in [0.05, 0.1) is 30.0 Å². The molecule has 1 amide bonds. The molecule has 0 aromatic heterocycles. The Morgan fingerprint density at radius 2 is 2.00 bits per heavy atom. The number of benzene rings is 2. The Hall–Kier alpha value is -2.33. The van der Waals surface area contributed by atoms with E-state index >= 15 is 0 Å². The first-order valence-corrected chi connectivity index (χ1v) is 6.86. The van der Waals surface area contributed by atoms with Gasteiger partial charge in [-0.25, -0.2) is 0 Å². The van der Waals surface area contributed by atoms with Crippen molar-refractivity contribution in [2.24, 2.45) is 5.10 Å². The minimum Gasteiger partial charge on any atom is -0.497 e. The third kappa shape index (κ3) is 2.62. The van der Waals surface area contributed by atoms with Crippen LogP contribution in [0.2, 0.25) is 5.02 Å². The number of ether oxygens (including phenoxy) is 1. The van der Waals surface area contributed by atoms with E-state index in [4.69, 9.17) is 16.3 Å². The third-order valence-corrected chi connectivity index (χ3v) is 3.58. The van der Waals surface area contributed by atoms with Crippen LogP contribution >= 0.6 is 11.6 Å². The predicted octanol–water partition coefficient (Wildman–Crippen LogP) is 3.49. The highest BCUT2D eigenvalue weighted by Crippen LogP contribution is 2.29. The molecule has 0 saturated carbocycles. The lowest BCUT2D eigenvalue weighted by Gasteiger charge is -2.12. The summed E-state index contributed by atoms with van der Waals surface area (Å²) in [5.41, 5.74) is 2.18. The van der Waals surface area contributed by atoms with E-state index in [1.54, 1.807) is 19.2 Å². The zero-order chi connectivity index (χ0) is 14.8. The molecular weight excluding hydrogens is 288 g/mol. The van der Waals surface area contributed by atoms with Crippen molar-refractivity contribution in [2.75, 3.05) is 12.1 Å². The highest BCUT2D eigenvalue weighted by molar-refractivity contribution is 6.34. The Morgan fingerprint density at radius 3 is 2.76 bits per heavy atom. The summed E-state index contributed by atoms with van der Waals surface area (Å²) in [7, 11) is 1.61. The van der Waals surface area contributed by atoms with Gasteiger partial charge < -0.3 is 4.74 Å². The van der Waals surface area contributed by atoms with Crippen LogP contribution in [0.5, 0.6) is 5.75 Å². The van der Waals surface area contributed by atoms with E-state index in [0.717, 1.165) is 11.3 Å². The van der Waals surface area contributed by atoms with Crippen LogP contribution in [0.4, 0.5) is 5.69 Å². The summed E-state index contributed by atoms with van der Waals surface area (Å²) < 4.78 is 5.20. The molecule has 0 atom stereocenters. The molecule has 0 fully saturated rings. The Morgan fingerprint density at radius 1 is 1.19 bits per heavy atom. The summed E-state index contributed by atoms with van der Waals surface area (Å²) in [5, 5.41) is 6.27. The maximum atomic E-state index is 12.2. The van der Waals surface area contributed by atoms with E-state index in [1.807, 2.05) is 36.4 Å². The van der Waals surface area contributed by atoms with E-state index < -0.39 is 0 Å². The molecule has 0 saturated heterocycles. The molecule has 2 aromatic rings. The highest BCUT2D eigenvalue weighted by atomic mass is 35.5. The van der Waals surface area contributed by atoms with Crippen molar-refractivity contribution in [2.45, 2.75) is 6.42 Å². The number of hydrogen-bond donors (Lipinski definition) is 0. The van der Waals surface area contributed by atoms with Gasteiger partial charge in [0.25, 0.3) is 5.91 Å². The molecule has 0 bridgehead atoms. The molecule has 3 rings (SSSR count). The molecule has 0 aliphatic carbocycles. The molecule has 21 heavy (non-hydrogen) atoms. The van der Waals surface area contributed by atoms with E-state index in [9.17, 15) is 4.79 Å². The van der Waals surface area contributed by atoms with E-state index in [-0.39, 0.29) is 12.3 Å². The Kier molecular flexibility index (Phi) is 3.62. The second-order valence-corrected chi connectivity index (χ2v) is 5.02. The second kappa shape index (κ2) is 5.58. The van der Waals surface area contributed by atoms with Crippen LogP contribution in [-0.4, -0.2) is 18.7 Å². The topological polar surface area (TPSA) is 41.9 Å². The lowest BCUT2D eigenvalue weighted by atomic mass is 10.1. The number of carbonyl (C=O) groups excluding carboxylic acids is 1. The van der Waals surface area contributed by atoms with Crippen molar-refractivity contribution in [3.63, 3.8) is 0 Å². The van der Waals surface area contributed by atoms with Gasteiger partial charge in [-0.1, -0.05) is 35.9 Å². The van der Waals surface area contributed by atoms with Crippen LogP contribution in [0.15, 0.2) is 53.6 Å². The number of carbonyl (C=O) groups is 1. The molecule has 5 heteroatoms. The Bertz CT molecular complexity index is 728. The smallest absolute Gasteiger partial charge is 0.253 e. The minimum atomic E-state index is -0.0964. The summed E-state index contributed by atoms with van der Waals surface area (Å²) in [4.78, 5) is 12.2. The number of amides is 1. The summed E-state index contributed by atoms with van der Waals surface area (Å²) in [6.07, 6.45) is 0.248. The van der Waals surface area contributed by atoms with Crippen LogP contribution in [0, 0.1) is 0 Å². The van der Waals surface area contributed by atoms with E-state index in [0.29, 0.717) is 16.4 Å². The molecule has 2 aromatic carbocycles. The predicted molar refractivity (Wildman–Crippen MR) is 83.1 cm³/mol. The zero-order valence-corrected chi connectivity index (χ0v) is 12.2. The number of hydrazone groups is 1. The van der Waals surface area contributed by atoms with Crippen LogP contribution in [0.3, 0.4) is 0 Å². The SMILES string of the molecule is COc1cccc(C2=NN(c3ccccc3Cl)C(=O)C2)c1. The number of para-hydroxylation sites is 1. The van der Waals surface area contributed by atoms with Crippen molar-refractivity contribution >= 4 is 28.9 Å². The van der Waals surface area contributed by atoms with Crippen molar-refractivity contribution in [3.8, 4) is 5.75 Å². The van der Waals surface area contributed by atoms with E-state index in [2.05, 4.69) is 5.10 Å². The van der Waals surface area contributed by atoms with Gasteiger partial charge in [0.1, 0.15) is 5.75 Å². The van der Waals surface area contributed by atoms with Gasteiger partial charge in [-0.2, -0.15) is 10.1 Å². The molecule has 0 radical (unpaired) electrons. The number of hydrogen-bond acceptors (Lipinski definition) is 3. The molecule has 4 nitrogen and oxygen atoms in total. The summed E-state index contributed by atoms with van der Waals surface area (Å²) >= 11 is 6.13. The average molecular weight is 301 g/mol. The number of methoxy groups -OCH3 is 1. The van der Waals surface area contributed by atoms with Crippen molar-refractivity contribution < 1.29 is 9.53 Å². The van der Waals surface area contributed by atoms with Crippen LogP contribution < -0.4 is 9.75 Å². The zero-order valence-electron chi connectivity index (χ0n) is 11.4. The van der Waals surface area contributed by atoms with Crippen molar-refractivity contribution in [1.82, 2.24) is 0 Å². The number of nitrogens with zero attached hydrogens (tertiary/aromatic N) is 2. The normalized spacial score (nSPS) is 14.3. The molecule has 0 spiro atoms. The number of halogens is 1. The molecule has 0 N–H and O–H groups in total. The quantitative estimate of drug-likeness (QED) is 0.870. The first-order valence-electron chi connectivity index (χ1n) is 6.48. The van der Waals surface area contributed by atoms with Gasteiger partial charge in [-0.3, -0.25) is 4.79 Å². The molecule has 106 valence electrons. The summed E-state index contributed by atoms with van der Waals surface area (Å²) in [6.45, 7) is 0. The minimum absolute atomic E-state index is 0.0964. The maximum Gasteiger partial charge on any atom is 0.253 e. The van der Waals surface area contributed by atoms with Crippen LogP contribution in [0.1, 0.15) is 12.0 Å². The fourth-order valence-corrected chi connectivity index (χ4v) is 2.42. The first-order chi connectivity index (χ1) is 10.2. The highest BCUT2D eigenvalue weighted by Gasteiger charge is 2.27. The lowest BCUT2D eigenvalue weighted by molar-refractivity contribution is -0.116. The van der Waals surface area contributed by atoms with Gasteiger partial charge in [0.2, 0.25) is 0 Å². The average Bonchev–Trinajstić information content (AvgIpc) is 2.90. The largest absolute Gasteiger partial charge is 0.497 e. The molecule has 0 unspecified atom stereocenters. The molecular formula is C16H13ClN2O2. The van der Waals surface area contributed by atoms with Gasteiger partial charge in [0, 0.05) is 5.56 Å². The maximum absolute atomic E-state index is 12.2. The van der Waals surface area contributed by atoms with Crippen molar-refractivity contribution in [3.05, 3.63) is 59.1 Å². The third-order valence-electron chi connectivity index (χ3n) is 3.26. The van der Waals surface area contributed by atoms with Gasteiger partial charge in [-0.15, -0.1) is 0 Å².